The van der Waals surface area contributed by atoms with Crippen LogP contribution in [-0.4, -0.2) is 51.4 Å². The van der Waals surface area contributed by atoms with E-state index in [1.165, 1.54) is 5.56 Å². The molecule has 118 valence electrons. The zero-order chi connectivity index (χ0) is 15.6. The molecular formula is C18H20N4O. The summed E-state index contributed by atoms with van der Waals surface area (Å²) in [6.45, 7) is 3.75. The van der Waals surface area contributed by atoms with E-state index in [9.17, 15) is 4.79 Å². The molecule has 1 amide bonds. The molecule has 0 N–H and O–H groups in total. The zero-order valence-corrected chi connectivity index (χ0v) is 13.0. The lowest BCUT2D eigenvalue weighted by molar-refractivity contribution is -0.0427. The number of hydrogen-bond acceptors (Lipinski definition) is 4. The lowest BCUT2D eigenvalue weighted by atomic mass is 9.82. The van der Waals surface area contributed by atoms with E-state index in [0.29, 0.717) is 6.04 Å². The predicted octanol–water partition coefficient (Wildman–Crippen LogP) is 1.82. The maximum absolute atomic E-state index is 12.6. The van der Waals surface area contributed by atoms with Crippen LogP contribution >= 0.6 is 0 Å². The Bertz CT molecular complexity index is 676. The van der Waals surface area contributed by atoms with Crippen LogP contribution in [0.1, 0.15) is 22.3 Å². The first-order valence-electron chi connectivity index (χ1n) is 8.13. The second-order valence-electron chi connectivity index (χ2n) is 6.39. The summed E-state index contributed by atoms with van der Waals surface area (Å²) in [6.07, 6.45) is 8.19. The van der Waals surface area contributed by atoms with Crippen LogP contribution in [0, 0.1) is 5.92 Å². The monoisotopic (exact) mass is 308 g/mol. The Labute approximate surface area is 136 Å². The number of nitrogens with zero attached hydrogens (tertiary/aromatic N) is 4. The number of pyridine rings is 2. The minimum Gasteiger partial charge on any atom is -0.337 e. The Morgan fingerprint density at radius 2 is 2.00 bits per heavy atom. The number of fused-ring (bicyclic) bond motifs is 1. The molecule has 5 nitrogen and oxygen atoms in total. The van der Waals surface area contributed by atoms with Gasteiger partial charge in [0.1, 0.15) is 0 Å². The van der Waals surface area contributed by atoms with Gasteiger partial charge in [-0.15, -0.1) is 0 Å². The fourth-order valence-corrected chi connectivity index (χ4v) is 3.67. The third kappa shape index (κ3) is 2.84. The molecule has 0 bridgehead atoms. The van der Waals surface area contributed by atoms with Gasteiger partial charge in [0.05, 0.1) is 0 Å². The van der Waals surface area contributed by atoms with E-state index in [4.69, 9.17) is 0 Å². The molecule has 2 atom stereocenters. The van der Waals surface area contributed by atoms with Gasteiger partial charge in [0, 0.05) is 62.6 Å². The molecule has 2 aromatic heterocycles. The molecule has 2 aromatic rings. The summed E-state index contributed by atoms with van der Waals surface area (Å²) >= 11 is 0. The lowest BCUT2D eigenvalue weighted by Crippen LogP contribution is -2.64. The summed E-state index contributed by atoms with van der Waals surface area (Å²) in [4.78, 5) is 25.2. The van der Waals surface area contributed by atoms with Crippen LogP contribution in [0.5, 0.6) is 0 Å². The van der Waals surface area contributed by atoms with Gasteiger partial charge < -0.3 is 4.90 Å². The van der Waals surface area contributed by atoms with E-state index >= 15 is 0 Å². The van der Waals surface area contributed by atoms with Crippen LogP contribution in [0.2, 0.25) is 0 Å². The number of carbonyl (C=O) groups is 1. The predicted molar refractivity (Wildman–Crippen MR) is 86.7 cm³/mol. The molecule has 2 aliphatic heterocycles. The van der Waals surface area contributed by atoms with Gasteiger partial charge in [0.2, 0.25) is 0 Å². The maximum Gasteiger partial charge on any atom is 0.254 e. The van der Waals surface area contributed by atoms with Crippen molar-refractivity contribution < 1.29 is 4.79 Å². The fraction of sp³-hybridized carbons (Fsp3) is 0.389. The quantitative estimate of drug-likeness (QED) is 0.868. The molecule has 0 aliphatic carbocycles. The Morgan fingerprint density at radius 3 is 2.78 bits per heavy atom. The molecule has 4 rings (SSSR count). The van der Waals surface area contributed by atoms with Crippen molar-refractivity contribution >= 4 is 5.91 Å². The van der Waals surface area contributed by atoms with Gasteiger partial charge in [0.15, 0.2) is 0 Å². The van der Waals surface area contributed by atoms with Crippen LogP contribution in [0.3, 0.4) is 0 Å². The maximum atomic E-state index is 12.6. The van der Waals surface area contributed by atoms with Gasteiger partial charge in [-0.2, -0.15) is 0 Å². The van der Waals surface area contributed by atoms with Crippen molar-refractivity contribution in [1.29, 1.82) is 0 Å². The summed E-state index contributed by atoms with van der Waals surface area (Å²) in [5, 5.41) is 0. The minimum absolute atomic E-state index is 0.124. The van der Waals surface area contributed by atoms with Gasteiger partial charge >= 0.3 is 0 Å². The van der Waals surface area contributed by atoms with Gasteiger partial charge in [-0.3, -0.25) is 19.7 Å². The van der Waals surface area contributed by atoms with Crippen molar-refractivity contribution in [2.75, 3.05) is 19.6 Å². The molecule has 23 heavy (non-hydrogen) atoms. The normalized spacial score (nSPS) is 23.9. The van der Waals surface area contributed by atoms with Gasteiger partial charge in [-0.05, 0) is 36.1 Å². The molecular weight excluding hydrogens is 288 g/mol. The summed E-state index contributed by atoms with van der Waals surface area (Å²) in [5.74, 6) is 0.854. The SMILES string of the molecule is O=C(c1ccncc1)N1CC[C@@H]2CN(Cc3cccnc3)[C@@H]2C1. The molecule has 0 saturated carbocycles. The Balaban J connectivity index is 1.41. The third-order valence-electron chi connectivity index (χ3n) is 4.98. The van der Waals surface area contributed by atoms with Crippen LogP contribution in [0.25, 0.3) is 0 Å². The number of carbonyl (C=O) groups excluding carboxylic acids is 1. The van der Waals surface area contributed by atoms with Crippen molar-refractivity contribution in [3.05, 3.63) is 60.2 Å². The number of amides is 1. The average Bonchev–Trinajstić information content (AvgIpc) is 2.61. The number of hydrogen-bond donors (Lipinski definition) is 0. The summed E-state index contributed by atoms with van der Waals surface area (Å²) in [5.41, 5.74) is 1.97. The molecule has 0 radical (unpaired) electrons. The van der Waals surface area contributed by atoms with Crippen molar-refractivity contribution in [2.24, 2.45) is 5.92 Å². The van der Waals surface area contributed by atoms with E-state index in [-0.39, 0.29) is 5.91 Å². The highest BCUT2D eigenvalue weighted by Gasteiger charge is 2.43. The number of likely N-dealkylation sites (tertiary alicyclic amines) is 2. The smallest absolute Gasteiger partial charge is 0.254 e. The highest BCUT2D eigenvalue weighted by Crippen LogP contribution is 2.34. The molecule has 0 unspecified atom stereocenters. The highest BCUT2D eigenvalue weighted by atomic mass is 16.2. The van der Waals surface area contributed by atoms with Crippen LogP contribution in [0.15, 0.2) is 49.1 Å². The first kappa shape index (κ1) is 14.3. The van der Waals surface area contributed by atoms with E-state index in [0.717, 1.165) is 44.1 Å². The first-order chi connectivity index (χ1) is 11.3. The first-order valence-corrected chi connectivity index (χ1v) is 8.13. The van der Waals surface area contributed by atoms with Gasteiger partial charge in [-0.25, -0.2) is 0 Å². The van der Waals surface area contributed by atoms with E-state index in [1.54, 1.807) is 30.7 Å². The number of aromatic nitrogens is 2. The van der Waals surface area contributed by atoms with Gasteiger partial charge in [-0.1, -0.05) is 6.07 Å². The highest BCUT2D eigenvalue weighted by molar-refractivity contribution is 5.94. The largest absolute Gasteiger partial charge is 0.337 e. The van der Waals surface area contributed by atoms with Crippen LogP contribution < -0.4 is 0 Å². The third-order valence-corrected chi connectivity index (χ3v) is 4.98. The van der Waals surface area contributed by atoms with Crippen molar-refractivity contribution in [3.63, 3.8) is 0 Å². The topological polar surface area (TPSA) is 49.3 Å². The molecule has 2 saturated heterocycles. The van der Waals surface area contributed by atoms with Crippen LogP contribution in [-0.2, 0) is 6.54 Å². The van der Waals surface area contributed by atoms with E-state index < -0.39 is 0 Å². The lowest BCUT2D eigenvalue weighted by Gasteiger charge is -2.53. The molecule has 5 heteroatoms. The van der Waals surface area contributed by atoms with Gasteiger partial charge in [0.25, 0.3) is 5.91 Å². The Kier molecular flexibility index (Phi) is 3.79. The second kappa shape index (κ2) is 6.08. The molecule has 2 fully saturated rings. The molecule has 0 spiro atoms. The second-order valence-corrected chi connectivity index (χ2v) is 6.39. The van der Waals surface area contributed by atoms with E-state index in [1.807, 2.05) is 17.2 Å². The zero-order valence-electron chi connectivity index (χ0n) is 13.0. The Morgan fingerprint density at radius 1 is 1.13 bits per heavy atom. The summed E-state index contributed by atoms with van der Waals surface area (Å²) in [6, 6.07) is 8.16. The molecule has 4 heterocycles. The number of piperidine rings is 1. The van der Waals surface area contributed by atoms with Crippen LogP contribution in [0.4, 0.5) is 0 Å². The van der Waals surface area contributed by atoms with Crippen molar-refractivity contribution in [3.8, 4) is 0 Å². The molecule has 0 aromatic carbocycles. The van der Waals surface area contributed by atoms with Crippen molar-refractivity contribution in [2.45, 2.75) is 19.0 Å². The standard InChI is InChI=1S/C18H20N4O/c23-18(15-3-7-19-8-4-15)21-9-5-16-12-22(17(16)13-21)11-14-2-1-6-20-10-14/h1-4,6-8,10,16-17H,5,9,11-13H2/t16-,17-/m1/s1. The summed E-state index contributed by atoms with van der Waals surface area (Å²) < 4.78 is 0. The molecule has 2 aliphatic rings. The average molecular weight is 308 g/mol. The summed E-state index contributed by atoms with van der Waals surface area (Å²) in [7, 11) is 0. The van der Waals surface area contributed by atoms with E-state index in [2.05, 4.69) is 20.9 Å². The Hall–Kier alpha value is -2.27. The number of rotatable bonds is 3. The fourth-order valence-electron chi connectivity index (χ4n) is 3.67. The van der Waals surface area contributed by atoms with Crippen molar-refractivity contribution in [1.82, 2.24) is 19.8 Å². The minimum atomic E-state index is 0.124.